The molecule has 0 radical (unpaired) electrons. The predicted octanol–water partition coefficient (Wildman–Crippen LogP) is 10.2. The summed E-state index contributed by atoms with van der Waals surface area (Å²) in [5.74, 6) is 0. The molecule has 2 aliphatic carbocycles. The van der Waals surface area contributed by atoms with Crippen LogP contribution in [0, 0.1) is 0 Å². The molecule has 6 aromatic carbocycles. The minimum atomic E-state index is -5.94. The van der Waals surface area contributed by atoms with Gasteiger partial charge in [-0.15, -0.1) is 0 Å². The molecule has 0 amide bonds. The van der Waals surface area contributed by atoms with Crippen molar-refractivity contribution in [1.82, 2.24) is 0 Å². The van der Waals surface area contributed by atoms with E-state index in [1.807, 2.05) is 0 Å². The monoisotopic (exact) mass is 874 g/mol. The molecule has 0 saturated carbocycles. The molecule has 250 valence electrons. The Morgan fingerprint density at radius 1 is 0.440 bits per heavy atom. The van der Waals surface area contributed by atoms with Gasteiger partial charge < -0.3 is 0 Å². The molecule has 8 rings (SSSR count). The first kappa shape index (κ1) is 34.1. The zero-order valence-electron chi connectivity index (χ0n) is 29.9. The zero-order valence-corrected chi connectivity index (χ0v) is 36.0. The number of rotatable bonds is 4. The van der Waals surface area contributed by atoms with Gasteiger partial charge in [-0.2, -0.15) is 0 Å². The molecule has 0 fully saturated rings. The molecule has 0 bridgehead atoms. The molecule has 0 heterocycles. The van der Waals surface area contributed by atoms with Crippen molar-refractivity contribution in [3.63, 3.8) is 0 Å². The summed E-state index contributed by atoms with van der Waals surface area (Å²) in [7, 11) is 18.8. The van der Waals surface area contributed by atoms with Gasteiger partial charge in [0.15, 0.2) is 0 Å². The van der Waals surface area contributed by atoms with Crippen molar-refractivity contribution in [2.24, 2.45) is 0 Å². The van der Waals surface area contributed by atoms with Crippen molar-refractivity contribution < 1.29 is 14.8 Å². The van der Waals surface area contributed by atoms with Crippen LogP contribution in [0.2, 0.25) is 0 Å². The Morgan fingerprint density at radius 3 is 1.18 bits per heavy atom. The van der Waals surface area contributed by atoms with Crippen LogP contribution < -0.4 is 17.0 Å². The fraction of sp³-hybridized carbons (Fsp3) is 0.217. The van der Waals surface area contributed by atoms with Crippen LogP contribution in [0.5, 0.6) is 0 Å². The van der Waals surface area contributed by atoms with Crippen LogP contribution in [0.15, 0.2) is 133 Å². The summed E-state index contributed by atoms with van der Waals surface area (Å²) in [4.78, 5) is 0. The molecular formula is C46H44Cl2HfSi. The van der Waals surface area contributed by atoms with Crippen LogP contribution in [0.1, 0.15) is 74.9 Å². The average Bonchev–Trinajstić information content (AvgIpc) is 3.66. The van der Waals surface area contributed by atoms with Crippen LogP contribution in [0.4, 0.5) is 0 Å². The fourth-order valence-corrected chi connectivity index (χ4v) is 67.2. The standard InChI is InChI=1S/2C17H17.C12H10Si.2ClH.Hf/c2*1-17(2,3)14-8-9-16-13(11-14)10-12-6-4-5-7-15(12)16;1-3-7-11(8-4-1)13-12-9-5-2-6-10-12;;;/h2*4-9H,10H2,1-3H3;1-10H;2*1H;/q;;;;;+2/p-2. The van der Waals surface area contributed by atoms with Gasteiger partial charge in [0.05, 0.1) is 0 Å². The summed E-state index contributed by atoms with van der Waals surface area (Å²) >= 11 is -5.94. The first-order valence-electron chi connectivity index (χ1n) is 17.8. The molecule has 6 aromatic rings. The maximum atomic E-state index is 9.39. The summed E-state index contributed by atoms with van der Waals surface area (Å²) in [6, 6.07) is 49.6. The number of halogens is 2. The van der Waals surface area contributed by atoms with Crippen molar-refractivity contribution in [2.75, 3.05) is 0 Å². The molecule has 50 heavy (non-hydrogen) atoms. The van der Waals surface area contributed by atoms with Gasteiger partial charge in [0.2, 0.25) is 0 Å². The van der Waals surface area contributed by atoms with E-state index in [9.17, 15) is 17.2 Å². The van der Waals surface area contributed by atoms with Gasteiger partial charge >= 0.3 is 309 Å². The first-order chi connectivity index (χ1) is 23.8. The molecule has 4 heteroatoms. The van der Waals surface area contributed by atoms with Gasteiger partial charge in [0, 0.05) is 0 Å². The van der Waals surface area contributed by atoms with Crippen molar-refractivity contribution in [2.45, 2.75) is 65.2 Å². The van der Waals surface area contributed by atoms with Crippen LogP contribution in [0.3, 0.4) is 0 Å². The molecule has 0 nitrogen and oxygen atoms in total. The first-order valence-corrected chi connectivity index (χ1v) is 37.2. The molecular weight excluding hydrogens is 830 g/mol. The fourth-order valence-electron chi connectivity index (χ4n) is 8.93. The van der Waals surface area contributed by atoms with Gasteiger partial charge in [0.25, 0.3) is 0 Å². The normalized spacial score (nSPS) is 13.8. The third kappa shape index (κ3) is 5.23. The number of benzene rings is 6. The Kier molecular flexibility index (Phi) is 8.20. The van der Waals surface area contributed by atoms with Crippen molar-refractivity contribution in [3.05, 3.63) is 167 Å². The van der Waals surface area contributed by atoms with Gasteiger partial charge in [-0.25, -0.2) is 0 Å². The summed E-state index contributed by atoms with van der Waals surface area (Å²) in [5, 5.41) is 2.56. The molecule has 0 aliphatic heterocycles. The second-order valence-corrected chi connectivity index (χ2v) is 61.8. The summed E-state index contributed by atoms with van der Waals surface area (Å²) in [6.07, 6.45) is 1.69. The van der Waals surface area contributed by atoms with E-state index >= 15 is 0 Å². The molecule has 0 saturated heterocycles. The van der Waals surface area contributed by atoms with Crippen molar-refractivity contribution >= 4 is 39.7 Å². The molecule has 0 aromatic heterocycles. The molecule has 0 N–H and O–H groups in total. The maximum absolute atomic E-state index is 9.39. The van der Waals surface area contributed by atoms with Gasteiger partial charge in [-0.3, -0.25) is 0 Å². The topological polar surface area (TPSA) is 0 Å². The van der Waals surface area contributed by atoms with E-state index in [0.717, 1.165) is 12.8 Å². The van der Waals surface area contributed by atoms with E-state index in [1.54, 1.807) is 0 Å². The van der Waals surface area contributed by atoms with Gasteiger partial charge in [-0.1, -0.05) is 0 Å². The quantitative estimate of drug-likeness (QED) is 0.155. The number of fused-ring (bicyclic) bond motifs is 6. The molecule has 0 unspecified atom stereocenters. The van der Waals surface area contributed by atoms with E-state index in [4.69, 9.17) is 0 Å². The average molecular weight is 874 g/mol. The third-order valence-electron chi connectivity index (χ3n) is 11.0. The van der Waals surface area contributed by atoms with Crippen molar-refractivity contribution in [1.29, 1.82) is 0 Å². The molecule has 2 aliphatic rings. The van der Waals surface area contributed by atoms with E-state index in [1.165, 1.54) is 72.6 Å². The number of hydrogen-bond donors (Lipinski definition) is 0. The third-order valence-corrected chi connectivity index (χ3v) is 59.4. The second-order valence-electron chi connectivity index (χ2n) is 16.3. The Bertz CT molecular complexity index is 2220. The Labute approximate surface area is 306 Å². The van der Waals surface area contributed by atoms with E-state index in [2.05, 4.69) is 175 Å². The zero-order chi connectivity index (χ0) is 35.1. The summed E-state index contributed by atoms with van der Waals surface area (Å²) in [5.41, 5.74) is 11.0. The Balaban J connectivity index is 1.70. The molecule has 0 spiro atoms. The Hall–Kier alpha value is -3.01. The minimum absolute atomic E-state index is 0.191. The second kappa shape index (κ2) is 12.0. The predicted molar refractivity (Wildman–Crippen MR) is 216 cm³/mol. The summed E-state index contributed by atoms with van der Waals surface area (Å²) in [6.45, 7) is 14.1. The summed E-state index contributed by atoms with van der Waals surface area (Å²) < 4.78 is 2.59. The van der Waals surface area contributed by atoms with Crippen LogP contribution in [-0.4, -0.2) is 5.49 Å². The van der Waals surface area contributed by atoms with E-state index in [0.29, 0.717) is 0 Å². The van der Waals surface area contributed by atoms with E-state index in [-0.39, 0.29) is 10.8 Å². The van der Waals surface area contributed by atoms with E-state index < -0.39 is 20.3 Å². The van der Waals surface area contributed by atoms with Gasteiger partial charge in [0.1, 0.15) is 0 Å². The van der Waals surface area contributed by atoms with Gasteiger partial charge in [-0.05, 0) is 0 Å². The molecule has 0 atom stereocenters. The van der Waals surface area contributed by atoms with Crippen LogP contribution in [-0.2, 0) is 38.4 Å². The Morgan fingerprint density at radius 2 is 0.800 bits per heavy atom. The van der Waals surface area contributed by atoms with Crippen molar-refractivity contribution in [3.8, 4) is 22.3 Å². The van der Waals surface area contributed by atoms with Crippen LogP contribution in [0.25, 0.3) is 22.3 Å². The number of hydrogen-bond acceptors (Lipinski definition) is 0. The van der Waals surface area contributed by atoms with Crippen LogP contribution >= 0.6 is 17.2 Å². The SMILES string of the molecule is CC(C)(C)c1ccc2c([c]1[Hf]([Cl])([Cl])([c]1c(C(C)(C)C)ccc3c1Cc1ccccc1-3)=[Si](c1ccccc1)c1ccccc1)Cc1ccccc1-2.